The molecule has 1 aromatic heterocycles. The van der Waals surface area contributed by atoms with Crippen LogP contribution in [0.1, 0.15) is 11.1 Å². The Hall–Kier alpha value is -2.18. The predicted octanol–water partition coefficient (Wildman–Crippen LogP) is 2.06. The van der Waals surface area contributed by atoms with Crippen molar-refractivity contribution in [1.82, 2.24) is 0 Å². The summed E-state index contributed by atoms with van der Waals surface area (Å²) in [6, 6.07) is 11.7. The molecule has 1 heterocycles. The fraction of sp³-hybridized carbons (Fsp3) is 0.188. The van der Waals surface area contributed by atoms with Crippen molar-refractivity contribution < 1.29 is 17.5 Å². The van der Waals surface area contributed by atoms with Crippen LogP contribution in [0, 0.1) is 0 Å². The molecule has 0 radical (unpaired) electrons. The number of hydrogen-bond donors (Lipinski definition) is 1. The molecule has 0 aliphatic heterocycles. The maximum absolute atomic E-state index is 10.8. The van der Waals surface area contributed by atoms with Crippen LogP contribution < -0.4 is 9.47 Å². The molecule has 0 atom stereocenters. The van der Waals surface area contributed by atoms with E-state index in [2.05, 4.69) is 0 Å². The summed E-state index contributed by atoms with van der Waals surface area (Å²) in [5, 5.41) is 0. The van der Waals surface area contributed by atoms with E-state index in [1.807, 2.05) is 55.4 Å². The SMILES string of the molecule is CN(C)c1ccc(/C=C/c2cc[n+](CS(=O)(=O)O)cc2)cc1. The van der Waals surface area contributed by atoms with E-state index in [1.54, 1.807) is 24.5 Å². The van der Waals surface area contributed by atoms with Crippen molar-refractivity contribution in [3.8, 4) is 0 Å². The number of pyridine rings is 1. The molecule has 0 aliphatic rings. The molecule has 22 heavy (non-hydrogen) atoms. The fourth-order valence-electron chi connectivity index (χ4n) is 1.93. The van der Waals surface area contributed by atoms with E-state index in [1.165, 1.54) is 4.57 Å². The summed E-state index contributed by atoms with van der Waals surface area (Å²) in [5.41, 5.74) is 3.17. The van der Waals surface area contributed by atoms with Gasteiger partial charge < -0.3 is 4.90 Å². The van der Waals surface area contributed by atoms with Gasteiger partial charge >= 0.3 is 10.1 Å². The van der Waals surface area contributed by atoms with Crippen LogP contribution >= 0.6 is 0 Å². The third-order valence-corrected chi connectivity index (χ3v) is 3.73. The monoisotopic (exact) mass is 319 g/mol. The van der Waals surface area contributed by atoms with E-state index in [4.69, 9.17) is 4.55 Å². The molecule has 0 saturated carbocycles. The third-order valence-electron chi connectivity index (χ3n) is 3.11. The van der Waals surface area contributed by atoms with Gasteiger partial charge in [-0.25, -0.2) is 0 Å². The third kappa shape index (κ3) is 4.98. The molecule has 0 aliphatic carbocycles. The first-order chi connectivity index (χ1) is 10.3. The smallest absolute Gasteiger partial charge is 0.326 e. The maximum Gasteiger partial charge on any atom is 0.326 e. The minimum Gasteiger partial charge on any atom is -0.378 e. The number of rotatable bonds is 5. The second-order valence-corrected chi connectivity index (χ2v) is 6.60. The summed E-state index contributed by atoms with van der Waals surface area (Å²) in [7, 11) is -0.0221. The molecular formula is C16H19N2O3S+. The Labute approximate surface area is 130 Å². The van der Waals surface area contributed by atoms with Gasteiger partial charge in [0.05, 0.1) is 0 Å². The number of benzene rings is 1. The zero-order valence-corrected chi connectivity index (χ0v) is 13.4. The lowest BCUT2D eigenvalue weighted by atomic mass is 10.1. The van der Waals surface area contributed by atoms with Crippen molar-refractivity contribution in [2.75, 3.05) is 19.0 Å². The number of nitrogens with zero attached hydrogens (tertiary/aromatic N) is 2. The van der Waals surface area contributed by atoms with Gasteiger partial charge in [-0.2, -0.15) is 13.0 Å². The molecule has 2 rings (SSSR count). The van der Waals surface area contributed by atoms with Crippen molar-refractivity contribution in [2.45, 2.75) is 5.88 Å². The van der Waals surface area contributed by atoms with Crippen LogP contribution in [0.4, 0.5) is 5.69 Å². The molecule has 0 unspecified atom stereocenters. The summed E-state index contributed by atoms with van der Waals surface area (Å²) in [6.45, 7) is 0. The largest absolute Gasteiger partial charge is 0.378 e. The molecule has 0 bridgehead atoms. The highest BCUT2D eigenvalue weighted by Crippen LogP contribution is 2.14. The zero-order valence-electron chi connectivity index (χ0n) is 12.5. The van der Waals surface area contributed by atoms with Gasteiger partial charge in [-0.3, -0.25) is 4.55 Å². The van der Waals surface area contributed by atoms with E-state index >= 15 is 0 Å². The predicted molar refractivity (Wildman–Crippen MR) is 87.9 cm³/mol. The van der Waals surface area contributed by atoms with Gasteiger partial charge in [0.15, 0.2) is 12.4 Å². The number of aromatic nitrogens is 1. The quantitative estimate of drug-likeness (QED) is 0.677. The van der Waals surface area contributed by atoms with Crippen LogP contribution in [-0.4, -0.2) is 27.1 Å². The molecule has 1 aromatic carbocycles. The highest BCUT2D eigenvalue weighted by molar-refractivity contribution is 7.84. The van der Waals surface area contributed by atoms with E-state index in [-0.39, 0.29) is 0 Å². The summed E-state index contributed by atoms with van der Waals surface area (Å²) in [6.07, 6.45) is 7.16. The minimum atomic E-state index is -4.02. The highest BCUT2D eigenvalue weighted by atomic mass is 32.2. The maximum atomic E-state index is 10.8. The molecule has 0 amide bonds. The number of anilines is 1. The van der Waals surface area contributed by atoms with Gasteiger partial charge in [-0.15, -0.1) is 0 Å². The normalized spacial score (nSPS) is 11.8. The second kappa shape index (κ2) is 6.72. The van der Waals surface area contributed by atoms with Crippen LogP contribution in [0.15, 0.2) is 48.8 Å². The first kappa shape index (κ1) is 16.2. The molecule has 2 aromatic rings. The van der Waals surface area contributed by atoms with Gasteiger partial charge in [-0.05, 0) is 23.3 Å². The van der Waals surface area contributed by atoms with Gasteiger partial charge in [0, 0.05) is 31.9 Å². The van der Waals surface area contributed by atoms with Gasteiger partial charge in [0.25, 0.3) is 5.88 Å². The molecule has 5 nitrogen and oxygen atoms in total. The summed E-state index contributed by atoms with van der Waals surface area (Å²) in [5.74, 6) is -0.441. The molecule has 6 heteroatoms. The average Bonchev–Trinajstić information content (AvgIpc) is 2.45. The Kier molecular flexibility index (Phi) is 4.95. The van der Waals surface area contributed by atoms with Gasteiger partial charge in [0.2, 0.25) is 0 Å². The topological polar surface area (TPSA) is 61.5 Å². The Morgan fingerprint density at radius 1 is 1.00 bits per heavy atom. The Bertz CT molecular complexity index is 749. The average molecular weight is 319 g/mol. The minimum absolute atomic E-state index is 0.441. The lowest BCUT2D eigenvalue weighted by molar-refractivity contribution is -0.678. The lowest BCUT2D eigenvalue weighted by Crippen LogP contribution is -2.36. The first-order valence-corrected chi connectivity index (χ1v) is 8.34. The van der Waals surface area contributed by atoms with Crippen LogP contribution in [0.2, 0.25) is 0 Å². The summed E-state index contributed by atoms with van der Waals surface area (Å²) < 4.78 is 31.8. The lowest BCUT2D eigenvalue weighted by Gasteiger charge is -2.11. The van der Waals surface area contributed by atoms with Crippen LogP contribution in [-0.2, 0) is 16.0 Å². The van der Waals surface area contributed by atoms with Crippen molar-refractivity contribution in [1.29, 1.82) is 0 Å². The highest BCUT2D eigenvalue weighted by Gasteiger charge is 2.11. The zero-order chi connectivity index (χ0) is 16.2. The fourth-order valence-corrected chi connectivity index (χ4v) is 2.48. The van der Waals surface area contributed by atoms with Crippen molar-refractivity contribution in [2.24, 2.45) is 0 Å². The first-order valence-electron chi connectivity index (χ1n) is 6.73. The molecule has 0 spiro atoms. The van der Waals surface area contributed by atoms with E-state index in [0.29, 0.717) is 0 Å². The van der Waals surface area contributed by atoms with Crippen molar-refractivity contribution in [3.63, 3.8) is 0 Å². The summed E-state index contributed by atoms with van der Waals surface area (Å²) in [4.78, 5) is 2.04. The van der Waals surface area contributed by atoms with Gasteiger partial charge in [-0.1, -0.05) is 24.3 Å². The molecule has 0 fully saturated rings. The van der Waals surface area contributed by atoms with Crippen molar-refractivity contribution >= 4 is 28.0 Å². The van der Waals surface area contributed by atoms with Crippen LogP contribution in [0.3, 0.4) is 0 Å². The molecular weight excluding hydrogens is 300 g/mol. The van der Waals surface area contributed by atoms with E-state index in [0.717, 1.165) is 16.8 Å². The molecule has 1 N–H and O–H groups in total. The summed E-state index contributed by atoms with van der Waals surface area (Å²) >= 11 is 0. The number of hydrogen-bond acceptors (Lipinski definition) is 3. The van der Waals surface area contributed by atoms with Crippen LogP contribution in [0.25, 0.3) is 12.2 Å². The van der Waals surface area contributed by atoms with E-state index in [9.17, 15) is 8.42 Å². The van der Waals surface area contributed by atoms with Crippen LogP contribution in [0.5, 0.6) is 0 Å². The molecule has 116 valence electrons. The Balaban J connectivity index is 2.06. The second-order valence-electron chi connectivity index (χ2n) is 5.18. The van der Waals surface area contributed by atoms with E-state index < -0.39 is 16.0 Å². The Morgan fingerprint density at radius 2 is 1.50 bits per heavy atom. The van der Waals surface area contributed by atoms with Gasteiger partial charge in [0.1, 0.15) is 0 Å². The van der Waals surface area contributed by atoms with Crippen molar-refractivity contribution in [3.05, 3.63) is 59.9 Å². The Morgan fingerprint density at radius 3 is 1.95 bits per heavy atom. The molecule has 0 saturated heterocycles. The standard InChI is InChI=1S/C16H18N2O3S/c1-17(2)16-7-5-14(6-8-16)3-4-15-9-11-18(12-10-15)13-22(19,20)21/h3-12H,13H2,1-2H3/p+1.